The van der Waals surface area contributed by atoms with Crippen molar-refractivity contribution >= 4 is 207 Å². The van der Waals surface area contributed by atoms with Gasteiger partial charge in [0, 0.05) is 54.3 Å². The number of imidazole rings is 3. The second kappa shape index (κ2) is 41.3. The van der Waals surface area contributed by atoms with Crippen LogP contribution in [-0.2, 0) is 58.7 Å². The summed E-state index contributed by atoms with van der Waals surface area (Å²) in [5, 5.41) is 58.1. The molecule has 0 bridgehead atoms. The van der Waals surface area contributed by atoms with Crippen LogP contribution in [-0.4, -0.2) is 148 Å². The van der Waals surface area contributed by atoms with Gasteiger partial charge in [0.25, 0.3) is 22.7 Å². The van der Waals surface area contributed by atoms with E-state index in [4.69, 9.17) is 56.9 Å². The zero-order chi connectivity index (χ0) is 90.5. The van der Waals surface area contributed by atoms with Gasteiger partial charge in [-0.1, -0.05) is 154 Å². The van der Waals surface area contributed by atoms with Crippen molar-refractivity contribution < 1.29 is 64.2 Å². The summed E-state index contributed by atoms with van der Waals surface area (Å²) in [4.78, 5) is 97.8. The zero-order valence-electron chi connectivity index (χ0n) is 67.6. The molecule has 10 N–H and O–H groups in total. The first-order valence-electron chi connectivity index (χ1n) is 36.8. The minimum atomic E-state index is -2.95. The Morgan fingerprint density at radius 2 is 0.829 bits per heavy atom. The van der Waals surface area contributed by atoms with E-state index in [0.29, 0.717) is 89.1 Å². The molecule has 14 aromatic rings. The Balaban J connectivity index is 0.000000168. The molecule has 6 aromatic heterocycles. The molecule has 1 saturated heterocycles. The number of aryl methyl sites for hydroxylation is 6. The number of nitro benzene ring substituents is 4. The molecule has 8 aromatic carbocycles. The molecule has 0 radical (unpaired) electrons. The van der Waals surface area contributed by atoms with Gasteiger partial charge in [-0.2, -0.15) is 16.8 Å². The van der Waals surface area contributed by atoms with Crippen molar-refractivity contribution in [2.24, 2.45) is 0 Å². The van der Waals surface area contributed by atoms with E-state index >= 15 is 0 Å². The number of nitrogen functional groups attached to an aromatic ring is 3. The van der Waals surface area contributed by atoms with E-state index < -0.39 is 43.9 Å². The first-order chi connectivity index (χ1) is 58.0. The molecular weight excluding hydrogens is 1860 g/mol. The van der Waals surface area contributed by atoms with E-state index in [9.17, 15) is 59.6 Å². The number of benzene rings is 8. The minimum absolute atomic E-state index is 0.00296. The Labute approximate surface area is 753 Å². The Morgan fingerprint density at radius 3 is 1.23 bits per heavy atom. The van der Waals surface area contributed by atoms with Gasteiger partial charge in [-0.25, -0.2) is 14.4 Å². The normalized spacial score (nSPS) is 12.5. The second-order valence-electron chi connectivity index (χ2n) is 27.9. The van der Waals surface area contributed by atoms with Crippen molar-refractivity contribution in [1.29, 1.82) is 0 Å². The van der Waals surface area contributed by atoms with Crippen molar-refractivity contribution in [1.82, 2.24) is 44.1 Å². The van der Waals surface area contributed by atoms with E-state index in [-0.39, 0.29) is 87.2 Å². The van der Waals surface area contributed by atoms with Gasteiger partial charge in [-0.05, 0) is 139 Å². The molecule has 0 saturated carbocycles. The number of aromatic nitrogens is 9. The van der Waals surface area contributed by atoms with Crippen LogP contribution in [0.2, 0.25) is 0 Å². The number of fused-ring (bicyclic) bond motifs is 4. The van der Waals surface area contributed by atoms with Crippen LogP contribution in [0.4, 0.5) is 45.5 Å². The van der Waals surface area contributed by atoms with Gasteiger partial charge in [0.1, 0.15) is 39.7 Å². The Hall–Kier alpha value is -11.3. The number of aromatic amines is 3. The number of nitrogens with zero attached hydrogens (tertiary/aromatic N) is 10. The van der Waals surface area contributed by atoms with E-state index in [1.807, 2.05) is 159 Å². The zero-order valence-corrected chi connectivity index (χ0v) is 78.0. The van der Waals surface area contributed by atoms with Crippen LogP contribution in [0, 0.1) is 82.0 Å². The van der Waals surface area contributed by atoms with Crippen LogP contribution in [0.1, 0.15) is 84.3 Å². The molecule has 1 amide bonds. The standard InChI is InChI=1S/C19H16N4O4.C19H18N4O2.C14H10BrN3O3.C11H18BNO3.C8H5BrN2O3.C6H6BrN3O2.2Na.O4S2/c1-11-17(12(2)27-21-11)14-8-15-18(16(9-14)23(25)26)20-19(24)22(15)10-13-6-4-3-5-7-13;1-11-17(12(2)25-22-11)14-8-15(20)18-16(9-14)23(19(24)21-18)10-13-6-4-3-5-7-13;15-10-6-11-13(12(7-10)18(20)21)16-14(19)17(11)8-9-4-2-1-3-5-9;1-7-9(8(2)14-13-7)12-15-10(3,4)11(5,6)16-12;9-5-1-4-2-7(12)10-8(4)6(3-5)11(13)14;7-3-1-4(8)6(9)5(2-3)10(11)12;;;1-5(2)6(3)4/h3-9H,10H2,1-2H3,(H,20,24);3-9H,10,20H2,1-2H3,(H,21,24);1-7H,8H2,(H,16,19);1-6H3;1,3H,2H2,(H,10,12);1-2H,8-9H2;;;. The third-order valence-corrected chi connectivity index (χ3v) is 21.5. The molecule has 630 valence electrons. The Bertz CT molecular complexity index is 6740. The third kappa shape index (κ3) is 23.0. The molecule has 2 aliphatic heterocycles. The summed E-state index contributed by atoms with van der Waals surface area (Å²) >= 11 is 12.4. The molecule has 0 spiro atoms. The third-order valence-electron chi connectivity index (χ3n) is 19.2. The molecule has 8 heterocycles. The number of nitrogens with one attached hydrogen (secondary N) is 4. The van der Waals surface area contributed by atoms with Crippen LogP contribution in [0.3, 0.4) is 0 Å². The summed E-state index contributed by atoms with van der Waals surface area (Å²) in [7, 11) is -6.28. The topological polar surface area (TPSA) is 558 Å². The van der Waals surface area contributed by atoms with Crippen LogP contribution < -0.4 is 45.0 Å². The van der Waals surface area contributed by atoms with Crippen molar-refractivity contribution in [3.05, 3.63) is 294 Å². The van der Waals surface area contributed by atoms with E-state index in [1.165, 1.54) is 83.1 Å². The van der Waals surface area contributed by atoms with Crippen molar-refractivity contribution in [2.45, 2.75) is 106 Å². The van der Waals surface area contributed by atoms with Gasteiger partial charge < -0.3 is 50.4 Å². The van der Waals surface area contributed by atoms with Crippen molar-refractivity contribution in [3.63, 3.8) is 0 Å². The monoisotopic (exact) mass is 1930 g/mol. The molecule has 123 heavy (non-hydrogen) atoms. The summed E-state index contributed by atoms with van der Waals surface area (Å²) in [6.07, 6.45) is 0.204. The van der Waals surface area contributed by atoms with Crippen LogP contribution in [0.5, 0.6) is 0 Å². The predicted octanol–water partition coefficient (Wildman–Crippen LogP) is 12.7. The van der Waals surface area contributed by atoms with Crippen LogP contribution in [0.25, 0.3) is 55.4 Å². The van der Waals surface area contributed by atoms with Gasteiger partial charge in [0.15, 0.2) is 0 Å². The second-order valence-corrected chi connectivity index (χ2v) is 33.1. The number of hydrogen-bond acceptors (Lipinski definition) is 27. The number of amides is 1. The molecule has 16 rings (SSSR count). The average molecular weight is 1930 g/mol. The van der Waals surface area contributed by atoms with Crippen molar-refractivity contribution in [2.75, 3.05) is 22.5 Å². The maximum absolute atomic E-state index is 12.5. The first kappa shape index (κ1) is 95.6. The van der Waals surface area contributed by atoms with Gasteiger partial charge in [0.2, 0.25) is 5.91 Å². The number of H-pyrrole nitrogens is 3. The fraction of sp³-hybridized carbons (Fsp3) is 0.208. The summed E-state index contributed by atoms with van der Waals surface area (Å²) in [6.45, 7) is 20.3. The molecule has 38 nitrogen and oxygen atoms in total. The quantitative estimate of drug-likeness (QED) is 0.0244. The number of nitrogens with two attached hydrogens (primary N) is 3. The molecule has 46 heteroatoms. The molecule has 2 aliphatic rings. The van der Waals surface area contributed by atoms with Gasteiger partial charge in [-0.15, -0.1) is 0 Å². The number of anilines is 4. The number of rotatable bonds is 13. The van der Waals surface area contributed by atoms with Crippen LogP contribution >= 0.6 is 47.8 Å². The summed E-state index contributed by atoms with van der Waals surface area (Å²) in [5.74, 6) is 1.84. The Morgan fingerprint density at radius 1 is 0.472 bits per heavy atom. The van der Waals surface area contributed by atoms with Gasteiger partial charge in [-0.3, -0.25) is 68.9 Å². The number of carbonyl (C=O) groups excluding carboxylic acids is 1. The number of non-ortho nitro benzene ring substituents is 2. The van der Waals surface area contributed by atoms with Gasteiger partial charge in [0.05, 0.1) is 107 Å². The first-order valence-corrected chi connectivity index (χ1v) is 49.8. The number of nitro groups is 4. The van der Waals surface area contributed by atoms with Crippen molar-refractivity contribution in [3.8, 4) is 22.3 Å². The molecule has 0 atom stereocenters. The fourth-order valence-corrected chi connectivity index (χ4v) is 14.2. The fourth-order valence-electron chi connectivity index (χ4n) is 12.9. The summed E-state index contributed by atoms with van der Waals surface area (Å²) < 4.78 is 70.2. The number of hydrogen-bond donors (Lipinski definition) is 7. The number of halogens is 3. The molecular formula is C77H73BBr3N17Na2O21S2. The molecule has 0 unspecified atom stereocenters. The molecule has 1 fully saturated rings. The maximum atomic E-state index is 12.5. The number of carbonyl (C=O) groups is 1. The molecule has 0 aliphatic carbocycles. The van der Waals surface area contributed by atoms with Crippen LogP contribution in [0.15, 0.2) is 193 Å². The predicted molar refractivity (Wildman–Crippen MR) is 473 cm³/mol. The Kier molecular flexibility index (Phi) is 32.1. The van der Waals surface area contributed by atoms with Gasteiger partial charge >= 0.3 is 86.3 Å². The van der Waals surface area contributed by atoms with E-state index in [2.05, 4.69) is 83.5 Å². The average Bonchev–Trinajstić information content (AvgIpc) is 1.62. The summed E-state index contributed by atoms with van der Waals surface area (Å²) in [5.41, 5.74) is 28.6. The van der Waals surface area contributed by atoms with E-state index in [1.54, 1.807) is 36.6 Å². The van der Waals surface area contributed by atoms with E-state index in [0.717, 1.165) is 61.7 Å². The SMILES string of the molecule is Cc1noc(C)c1-c1cc(N)c2[nH]c(=O)n(Cc3ccccc3)c2c1.Cc1noc(C)c1-c1cc([N+](=O)[O-])c2[nH]c(=O)n(Cc3ccccc3)c2c1.Cc1noc(C)c1B1OC(C)(C)C(C)(C)O1.Nc1cc(Br)cc([N+](=O)[O-])c1N.O=C1Cc2cc(Br)cc([N+](=O)[O-])c2N1.O=S(=O)=S(=O)=O.O=c1[nH]c2c([N+](=O)[O-])cc(Br)cc2n1Cc1ccccc1.[Na][Na]. The summed E-state index contributed by atoms with van der Waals surface area (Å²) in [6, 6.07) is 44.8.